The molecule has 0 spiro atoms. The van der Waals surface area contributed by atoms with Crippen molar-refractivity contribution >= 4 is 55.5 Å². The number of nitrogens with one attached hydrogen (secondary N) is 1. The Balaban J connectivity index is 1.71. The molecule has 4 rings (SSSR count). The van der Waals surface area contributed by atoms with Crippen LogP contribution in [0.4, 0.5) is 10.8 Å². The van der Waals surface area contributed by atoms with Crippen LogP contribution in [0.15, 0.2) is 66.0 Å². The summed E-state index contributed by atoms with van der Waals surface area (Å²) in [5.41, 5.74) is 2.84. The summed E-state index contributed by atoms with van der Waals surface area (Å²) < 4.78 is 1.03. The molecule has 2 heterocycles. The highest BCUT2D eigenvalue weighted by Crippen LogP contribution is 2.35. The lowest BCUT2D eigenvalue weighted by Gasteiger charge is -2.23. The second kappa shape index (κ2) is 9.41. The number of carbonyl (C=O) groups is 2. The van der Waals surface area contributed by atoms with Gasteiger partial charge in [-0.1, -0.05) is 48.6 Å². The molecule has 0 aliphatic carbocycles. The Hall–Kier alpha value is -3.03. The van der Waals surface area contributed by atoms with Crippen LogP contribution in [0.3, 0.4) is 0 Å². The maximum absolute atomic E-state index is 13.6. The zero-order valence-electron chi connectivity index (χ0n) is 17.4. The van der Waals surface area contributed by atoms with E-state index in [0.717, 1.165) is 27.2 Å². The van der Waals surface area contributed by atoms with Crippen LogP contribution in [0.25, 0.3) is 10.2 Å². The summed E-state index contributed by atoms with van der Waals surface area (Å²) >= 11 is 3.01. The number of anilines is 2. The van der Waals surface area contributed by atoms with E-state index >= 15 is 0 Å². The van der Waals surface area contributed by atoms with Crippen LogP contribution in [0.1, 0.15) is 36.8 Å². The Labute approximate surface area is 189 Å². The van der Waals surface area contributed by atoms with Gasteiger partial charge in [-0.15, -0.1) is 11.3 Å². The normalized spacial score (nSPS) is 11.9. The van der Waals surface area contributed by atoms with E-state index in [-0.39, 0.29) is 24.3 Å². The number of hydrogen-bond donors (Lipinski definition) is 1. The lowest BCUT2D eigenvalue weighted by molar-refractivity contribution is -0.121. The number of rotatable bonds is 7. The number of aromatic nitrogens is 1. The number of para-hydroxylation sites is 1. The maximum atomic E-state index is 13.6. The Kier molecular flexibility index (Phi) is 6.44. The van der Waals surface area contributed by atoms with Crippen molar-refractivity contribution < 1.29 is 9.59 Å². The van der Waals surface area contributed by atoms with Gasteiger partial charge >= 0.3 is 0 Å². The van der Waals surface area contributed by atoms with Gasteiger partial charge in [-0.05, 0) is 47.7 Å². The number of fused-ring (bicyclic) bond motifs is 1. The number of nitrogens with zero attached hydrogens (tertiary/aromatic N) is 2. The molecule has 2 amide bonds. The first-order valence-electron chi connectivity index (χ1n) is 10.1. The zero-order chi connectivity index (χ0) is 21.8. The molecule has 0 aliphatic rings. The van der Waals surface area contributed by atoms with E-state index in [9.17, 15) is 9.59 Å². The standard InChI is InChI=1S/C24H23N3O2S2/c1-3-17-10-12-18(13-11-17)27(24-26-19-7-4-5-8-22(19)31-24)23(29)15-20(25-16(2)28)21-9-6-14-30-21/h4-14,20H,3,15H2,1-2H3,(H,25,28)/t20-/m0/s1. The molecule has 158 valence electrons. The van der Waals surface area contributed by atoms with Gasteiger partial charge in [0.05, 0.1) is 28.4 Å². The zero-order valence-corrected chi connectivity index (χ0v) is 19.0. The number of thiophene rings is 1. The Morgan fingerprint density at radius 2 is 1.84 bits per heavy atom. The SMILES string of the molecule is CCc1ccc(N(C(=O)C[C@H](NC(C)=O)c2cccs2)c2nc3ccccc3s2)cc1. The number of thiazole rings is 1. The second-order valence-corrected chi connectivity index (χ2v) is 9.17. The van der Waals surface area contributed by atoms with Crippen LogP contribution < -0.4 is 10.2 Å². The smallest absolute Gasteiger partial charge is 0.235 e. The quantitative estimate of drug-likeness (QED) is 0.385. The first-order valence-corrected chi connectivity index (χ1v) is 11.8. The summed E-state index contributed by atoms with van der Waals surface area (Å²) in [6.45, 7) is 3.57. The Morgan fingerprint density at radius 3 is 2.48 bits per heavy atom. The molecule has 5 nitrogen and oxygen atoms in total. The van der Waals surface area contributed by atoms with E-state index in [2.05, 4.69) is 12.2 Å². The average Bonchev–Trinajstić information content (AvgIpc) is 3.43. The van der Waals surface area contributed by atoms with Crippen molar-refractivity contribution in [3.63, 3.8) is 0 Å². The predicted molar refractivity (Wildman–Crippen MR) is 128 cm³/mol. The average molecular weight is 450 g/mol. The largest absolute Gasteiger partial charge is 0.348 e. The van der Waals surface area contributed by atoms with Crippen LogP contribution in [0.2, 0.25) is 0 Å². The van der Waals surface area contributed by atoms with Gasteiger partial charge in [0.15, 0.2) is 5.13 Å². The molecule has 2 aromatic heterocycles. The van der Waals surface area contributed by atoms with Gasteiger partial charge in [0.2, 0.25) is 11.8 Å². The van der Waals surface area contributed by atoms with Gasteiger partial charge in [-0.25, -0.2) is 4.98 Å². The molecule has 31 heavy (non-hydrogen) atoms. The van der Waals surface area contributed by atoms with Crippen LogP contribution in [-0.4, -0.2) is 16.8 Å². The summed E-state index contributed by atoms with van der Waals surface area (Å²) in [6.07, 6.45) is 1.07. The minimum absolute atomic E-state index is 0.115. The number of amides is 2. The molecular formula is C24H23N3O2S2. The molecule has 2 aromatic carbocycles. The van der Waals surface area contributed by atoms with Crippen molar-refractivity contribution in [1.29, 1.82) is 0 Å². The number of benzene rings is 2. The number of hydrogen-bond acceptors (Lipinski definition) is 5. The molecule has 0 saturated carbocycles. The molecule has 1 atom stereocenters. The third-order valence-corrected chi connectivity index (χ3v) is 6.98. The molecule has 0 saturated heterocycles. The van der Waals surface area contributed by atoms with Crippen molar-refractivity contribution in [2.75, 3.05) is 4.90 Å². The van der Waals surface area contributed by atoms with E-state index in [1.807, 2.05) is 66.0 Å². The van der Waals surface area contributed by atoms with E-state index in [1.165, 1.54) is 35.2 Å². The van der Waals surface area contributed by atoms with Crippen molar-refractivity contribution in [2.24, 2.45) is 0 Å². The summed E-state index contributed by atoms with van der Waals surface area (Å²) in [4.78, 5) is 32.7. The lowest BCUT2D eigenvalue weighted by Crippen LogP contribution is -2.33. The monoisotopic (exact) mass is 449 g/mol. The van der Waals surface area contributed by atoms with Gasteiger partial charge in [0.1, 0.15) is 0 Å². The van der Waals surface area contributed by atoms with E-state index in [4.69, 9.17) is 4.98 Å². The van der Waals surface area contributed by atoms with Crippen LogP contribution in [-0.2, 0) is 16.0 Å². The molecular weight excluding hydrogens is 426 g/mol. The summed E-state index contributed by atoms with van der Waals surface area (Å²) in [5, 5.41) is 5.50. The van der Waals surface area contributed by atoms with Gasteiger partial charge in [-0.3, -0.25) is 14.5 Å². The summed E-state index contributed by atoms with van der Waals surface area (Å²) in [5.74, 6) is -0.277. The van der Waals surface area contributed by atoms with Crippen molar-refractivity contribution in [1.82, 2.24) is 10.3 Å². The minimum Gasteiger partial charge on any atom is -0.348 e. The molecule has 1 N–H and O–H groups in total. The van der Waals surface area contributed by atoms with Crippen LogP contribution in [0, 0.1) is 0 Å². The van der Waals surface area contributed by atoms with Gasteiger partial charge in [0, 0.05) is 11.8 Å². The fraction of sp³-hybridized carbons (Fsp3) is 0.208. The van der Waals surface area contributed by atoms with Crippen LogP contribution in [0.5, 0.6) is 0 Å². The Morgan fingerprint density at radius 1 is 1.06 bits per heavy atom. The van der Waals surface area contributed by atoms with Crippen molar-refractivity contribution in [2.45, 2.75) is 32.7 Å². The maximum Gasteiger partial charge on any atom is 0.235 e. The van der Waals surface area contributed by atoms with Crippen LogP contribution >= 0.6 is 22.7 Å². The third kappa shape index (κ3) is 4.84. The third-order valence-electron chi connectivity index (χ3n) is 4.97. The first-order chi connectivity index (χ1) is 15.0. The summed E-state index contributed by atoms with van der Waals surface area (Å²) in [7, 11) is 0. The molecule has 0 unspecified atom stereocenters. The lowest BCUT2D eigenvalue weighted by atomic mass is 10.1. The molecule has 7 heteroatoms. The Bertz CT molecular complexity index is 1150. The van der Waals surface area contributed by atoms with E-state index in [1.54, 1.807) is 4.90 Å². The van der Waals surface area contributed by atoms with Gasteiger partial charge in [0.25, 0.3) is 0 Å². The molecule has 0 radical (unpaired) electrons. The molecule has 4 aromatic rings. The second-order valence-electron chi connectivity index (χ2n) is 7.19. The molecule has 0 bridgehead atoms. The van der Waals surface area contributed by atoms with Gasteiger partial charge in [-0.2, -0.15) is 0 Å². The van der Waals surface area contributed by atoms with Gasteiger partial charge < -0.3 is 5.32 Å². The highest BCUT2D eigenvalue weighted by molar-refractivity contribution is 7.22. The van der Waals surface area contributed by atoms with E-state index < -0.39 is 0 Å². The molecule has 0 fully saturated rings. The first kappa shape index (κ1) is 21.2. The van der Waals surface area contributed by atoms with E-state index in [0.29, 0.717) is 5.13 Å². The fourth-order valence-corrected chi connectivity index (χ4v) is 5.20. The van der Waals surface area contributed by atoms with Crippen molar-refractivity contribution in [3.05, 3.63) is 76.5 Å². The summed E-state index contributed by atoms with van der Waals surface area (Å²) in [6, 6.07) is 19.3. The number of aryl methyl sites for hydroxylation is 1. The minimum atomic E-state index is -0.378. The predicted octanol–water partition coefficient (Wildman–Crippen LogP) is 5.85. The highest BCUT2D eigenvalue weighted by Gasteiger charge is 2.26. The fourth-order valence-electron chi connectivity index (χ4n) is 3.42. The number of carbonyl (C=O) groups excluding carboxylic acids is 2. The molecule has 0 aliphatic heterocycles. The highest BCUT2D eigenvalue weighted by atomic mass is 32.1. The topological polar surface area (TPSA) is 62.3 Å². The van der Waals surface area contributed by atoms with Crippen molar-refractivity contribution in [3.8, 4) is 0 Å².